The van der Waals surface area contributed by atoms with Crippen LogP contribution in [0.1, 0.15) is 15.9 Å². The molecule has 0 saturated carbocycles. The van der Waals surface area contributed by atoms with Gasteiger partial charge in [0.15, 0.2) is 0 Å². The van der Waals surface area contributed by atoms with Crippen molar-refractivity contribution in [2.75, 3.05) is 0 Å². The first-order valence-electron chi connectivity index (χ1n) is 6.07. The van der Waals surface area contributed by atoms with Gasteiger partial charge in [-0.25, -0.2) is 26.7 Å². The van der Waals surface area contributed by atoms with Gasteiger partial charge in [-0.15, -0.1) is 0 Å². The molecule has 0 aliphatic heterocycles. The molecule has 0 aromatic heterocycles. The van der Waals surface area contributed by atoms with Crippen molar-refractivity contribution >= 4 is 16.0 Å². The molecular weight excluding hydrogens is 316 g/mol. The van der Waals surface area contributed by atoms with E-state index in [2.05, 4.69) is 0 Å². The van der Waals surface area contributed by atoms with E-state index in [4.69, 9.17) is 5.11 Å². The molecule has 0 fully saturated rings. The number of sulfonamides is 1. The molecule has 0 radical (unpaired) electrons. The molecule has 0 atom stereocenters. The molecule has 0 aliphatic rings. The van der Waals surface area contributed by atoms with E-state index in [1.165, 1.54) is 18.2 Å². The van der Waals surface area contributed by atoms with Gasteiger partial charge in [0.2, 0.25) is 10.0 Å². The number of hydrogen-bond acceptors (Lipinski definition) is 3. The topological polar surface area (TPSA) is 83.5 Å². The molecule has 116 valence electrons. The van der Waals surface area contributed by atoms with Gasteiger partial charge in [-0.3, -0.25) is 0 Å². The maximum Gasteiger partial charge on any atom is 0.335 e. The molecule has 0 spiro atoms. The monoisotopic (exact) mass is 327 g/mol. The van der Waals surface area contributed by atoms with Gasteiger partial charge in [-0.05, 0) is 24.3 Å². The van der Waals surface area contributed by atoms with Crippen LogP contribution in [0.2, 0.25) is 0 Å². The van der Waals surface area contributed by atoms with Crippen LogP contribution >= 0.6 is 0 Å². The van der Waals surface area contributed by atoms with Crippen LogP contribution in [0.25, 0.3) is 0 Å². The maximum atomic E-state index is 13.6. The van der Waals surface area contributed by atoms with Gasteiger partial charge in [0.1, 0.15) is 16.5 Å². The highest BCUT2D eigenvalue weighted by atomic mass is 32.2. The summed E-state index contributed by atoms with van der Waals surface area (Å²) in [6.45, 7) is -0.383. The predicted molar refractivity (Wildman–Crippen MR) is 73.8 cm³/mol. The Morgan fingerprint density at radius 3 is 2.41 bits per heavy atom. The summed E-state index contributed by atoms with van der Waals surface area (Å²) in [5, 5.41) is 8.82. The van der Waals surface area contributed by atoms with Gasteiger partial charge in [-0.2, -0.15) is 0 Å². The van der Waals surface area contributed by atoms with Crippen molar-refractivity contribution in [3.8, 4) is 0 Å². The number of nitrogens with one attached hydrogen (secondary N) is 1. The summed E-state index contributed by atoms with van der Waals surface area (Å²) >= 11 is 0. The second kappa shape index (κ2) is 6.20. The van der Waals surface area contributed by atoms with Gasteiger partial charge in [0.05, 0.1) is 5.56 Å². The van der Waals surface area contributed by atoms with Gasteiger partial charge >= 0.3 is 5.97 Å². The SMILES string of the molecule is O=C(O)c1ccc(F)c(S(=O)(=O)NCc2ccccc2F)c1. The Labute approximate surface area is 125 Å². The summed E-state index contributed by atoms with van der Waals surface area (Å²) in [7, 11) is -4.32. The number of carboxylic acid groups (broad SMARTS) is 1. The zero-order valence-electron chi connectivity index (χ0n) is 11.1. The van der Waals surface area contributed by atoms with E-state index in [1.807, 2.05) is 4.72 Å². The minimum Gasteiger partial charge on any atom is -0.478 e. The lowest BCUT2D eigenvalue weighted by Gasteiger charge is -2.09. The average molecular weight is 327 g/mol. The van der Waals surface area contributed by atoms with Crippen molar-refractivity contribution in [2.45, 2.75) is 11.4 Å². The summed E-state index contributed by atoms with van der Waals surface area (Å²) in [6, 6.07) is 7.93. The largest absolute Gasteiger partial charge is 0.478 e. The highest BCUT2D eigenvalue weighted by molar-refractivity contribution is 7.89. The fourth-order valence-corrected chi connectivity index (χ4v) is 2.84. The predicted octanol–water partition coefficient (Wildman–Crippen LogP) is 2.14. The molecule has 5 nitrogen and oxygen atoms in total. The third-order valence-electron chi connectivity index (χ3n) is 2.88. The van der Waals surface area contributed by atoms with Crippen molar-refractivity contribution in [3.63, 3.8) is 0 Å². The van der Waals surface area contributed by atoms with Crippen LogP contribution in [0.3, 0.4) is 0 Å². The van der Waals surface area contributed by atoms with Gasteiger partial charge in [-0.1, -0.05) is 18.2 Å². The zero-order chi connectivity index (χ0) is 16.3. The summed E-state index contributed by atoms with van der Waals surface area (Å²) in [6.07, 6.45) is 0. The third kappa shape index (κ3) is 3.46. The molecule has 0 aliphatic carbocycles. The molecule has 22 heavy (non-hydrogen) atoms. The minimum atomic E-state index is -4.32. The quantitative estimate of drug-likeness (QED) is 0.881. The molecule has 2 N–H and O–H groups in total. The Balaban J connectivity index is 2.29. The normalized spacial score (nSPS) is 11.4. The Bertz CT molecular complexity index is 821. The number of aromatic carboxylic acids is 1. The molecule has 2 aromatic carbocycles. The van der Waals surface area contributed by atoms with E-state index in [1.54, 1.807) is 0 Å². The maximum absolute atomic E-state index is 13.6. The highest BCUT2D eigenvalue weighted by Crippen LogP contribution is 2.17. The van der Waals surface area contributed by atoms with Crippen molar-refractivity contribution < 1.29 is 27.1 Å². The molecule has 0 heterocycles. The zero-order valence-corrected chi connectivity index (χ0v) is 11.9. The van der Waals surface area contributed by atoms with Gasteiger partial charge in [0, 0.05) is 12.1 Å². The molecule has 0 amide bonds. The van der Waals surface area contributed by atoms with Crippen LogP contribution in [0.15, 0.2) is 47.4 Å². The summed E-state index contributed by atoms with van der Waals surface area (Å²) < 4.78 is 53.2. The Hall–Kier alpha value is -2.32. The van der Waals surface area contributed by atoms with E-state index in [-0.39, 0.29) is 17.7 Å². The molecule has 0 saturated heterocycles. The van der Waals surface area contributed by atoms with E-state index >= 15 is 0 Å². The van der Waals surface area contributed by atoms with E-state index in [0.29, 0.717) is 6.07 Å². The van der Waals surface area contributed by atoms with Crippen molar-refractivity contribution in [3.05, 3.63) is 65.2 Å². The van der Waals surface area contributed by atoms with Crippen LogP contribution in [-0.2, 0) is 16.6 Å². The number of hydrogen-bond donors (Lipinski definition) is 2. The van der Waals surface area contributed by atoms with E-state index in [9.17, 15) is 22.0 Å². The second-order valence-corrected chi connectivity index (χ2v) is 6.10. The van der Waals surface area contributed by atoms with Crippen LogP contribution in [0, 0.1) is 11.6 Å². The standard InChI is InChI=1S/C14H11F2NO4S/c15-11-4-2-1-3-10(11)8-17-22(20,21)13-7-9(14(18)19)5-6-12(13)16/h1-7,17H,8H2,(H,18,19). The van der Waals surface area contributed by atoms with Crippen LogP contribution in [0.5, 0.6) is 0 Å². The first-order chi connectivity index (χ1) is 10.3. The molecule has 8 heteroatoms. The van der Waals surface area contributed by atoms with Crippen LogP contribution in [-0.4, -0.2) is 19.5 Å². The molecule has 2 aromatic rings. The van der Waals surface area contributed by atoms with Crippen molar-refractivity contribution in [2.24, 2.45) is 0 Å². The number of benzene rings is 2. The summed E-state index contributed by atoms with van der Waals surface area (Å²) in [5.74, 6) is -3.08. The Morgan fingerprint density at radius 1 is 1.09 bits per heavy atom. The Kier molecular flexibility index (Phi) is 4.53. The van der Waals surface area contributed by atoms with Gasteiger partial charge in [0.25, 0.3) is 0 Å². The lowest BCUT2D eigenvalue weighted by molar-refractivity contribution is 0.0696. The molecule has 0 bridgehead atoms. The smallest absolute Gasteiger partial charge is 0.335 e. The highest BCUT2D eigenvalue weighted by Gasteiger charge is 2.21. The lowest BCUT2D eigenvalue weighted by Crippen LogP contribution is -2.25. The lowest BCUT2D eigenvalue weighted by atomic mass is 10.2. The summed E-state index contributed by atoms with van der Waals surface area (Å²) in [4.78, 5) is 10.0. The Morgan fingerprint density at radius 2 is 1.77 bits per heavy atom. The number of carboxylic acids is 1. The first-order valence-corrected chi connectivity index (χ1v) is 7.55. The van der Waals surface area contributed by atoms with Crippen LogP contribution < -0.4 is 4.72 Å². The third-order valence-corrected chi connectivity index (χ3v) is 4.29. The number of rotatable bonds is 5. The second-order valence-electron chi connectivity index (χ2n) is 4.37. The number of carbonyl (C=O) groups is 1. The molecule has 2 rings (SSSR count). The molecule has 0 unspecified atom stereocenters. The number of halogens is 2. The van der Waals surface area contributed by atoms with Crippen molar-refractivity contribution in [1.82, 2.24) is 4.72 Å². The average Bonchev–Trinajstić information content (AvgIpc) is 2.46. The fourth-order valence-electron chi connectivity index (χ4n) is 1.73. The molecular formula is C14H11F2NO4S. The first kappa shape index (κ1) is 16.1. The fraction of sp³-hybridized carbons (Fsp3) is 0.0714. The minimum absolute atomic E-state index is 0.0841. The van der Waals surface area contributed by atoms with Crippen molar-refractivity contribution in [1.29, 1.82) is 0 Å². The van der Waals surface area contributed by atoms with E-state index < -0.39 is 32.5 Å². The van der Waals surface area contributed by atoms with Gasteiger partial charge < -0.3 is 5.11 Å². The summed E-state index contributed by atoms with van der Waals surface area (Å²) in [5.41, 5.74) is -0.284. The van der Waals surface area contributed by atoms with Crippen LogP contribution in [0.4, 0.5) is 8.78 Å². The van der Waals surface area contributed by atoms with E-state index in [0.717, 1.165) is 18.2 Å².